The number of carbonyl (C=O) groups is 1. The van der Waals surface area contributed by atoms with Crippen molar-refractivity contribution in [2.45, 2.75) is 19.4 Å². The summed E-state index contributed by atoms with van der Waals surface area (Å²) >= 11 is 0. The number of amides is 1. The van der Waals surface area contributed by atoms with Crippen LogP contribution in [0.25, 0.3) is 0 Å². The first kappa shape index (κ1) is 17.3. The predicted molar refractivity (Wildman–Crippen MR) is 88.7 cm³/mol. The van der Waals surface area contributed by atoms with Crippen molar-refractivity contribution in [3.05, 3.63) is 53.6 Å². The van der Waals surface area contributed by atoms with Gasteiger partial charge in [-0.25, -0.2) is 0 Å². The van der Waals surface area contributed by atoms with Crippen molar-refractivity contribution in [3.63, 3.8) is 0 Å². The molecule has 1 amide bonds. The number of phenols is 1. The largest absolute Gasteiger partial charge is 0.508 e. The molecule has 2 aromatic carbocycles. The van der Waals surface area contributed by atoms with Crippen LogP contribution < -0.4 is 10.1 Å². The Hall–Kier alpha value is -3.04. The van der Waals surface area contributed by atoms with Gasteiger partial charge >= 0.3 is 0 Å². The van der Waals surface area contributed by atoms with Gasteiger partial charge in [-0.3, -0.25) is 4.79 Å². The maximum absolute atomic E-state index is 12.2. The van der Waals surface area contributed by atoms with Gasteiger partial charge in [-0.2, -0.15) is 5.26 Å². The summed E-state index contributed by atoms with van der Waals surface area (Å²) in [6.45, 7) is 2.86. The fraction of sp³-hybridized carbons (Fsp3) is 0.222. The standard InChI is InChI=1S/C18H18N2O4/c1-12-9-14(4-3-13(12)10-19)20-17(22)18(2,23)11-24-16-7-5-15(21)6-8-16/h3-9,21,23H,11H2,1-2H3,(H,20,22)/t18-/m0/s1. The molecule has 3 N–H and O–H groups in total. The van der Waals surface area contributed by atoms with Crippen molar-refractivity contribution in [3.8, 4) is 17.6 Å². The molecule has 0 aromatic heterocycles. The highest BCUT2D eigenvalue weighted by atomic mass is 16.5. The van der Waals surface area contributed by atoms with Gasteiger partial charge in [-0.05, 0) is 61.9 Å². The number of aromatic hydroxyl groups is 1. The second kappa shape index (κ2) is 7.02. The number of phenolic OH excluding ortho intramolecular Hbond substituents is 1. The lowest BCUT2D eigenvalue weighted by molar-refractivity contribution is -0.135. The molecule has 0 spiro atoms. The molecule has 0 saturated heterocycles. The molecule has 1 atom stereocenters. The Bertz CT molecular complexity index is 777. The topological polar surface area (TPSA) is 103 Å². The molecule has 0 aliphatic heterocycles. The van der Waals surface area contributed by atoms with Crippen molar-refractivity contribution in [2.75, 3.05) is 11.9 Å². The number of anilines is 1. The van der Waals surface area contributed by atoms with Crippen molar-refractivity contribution in [2.24, 2.45) is 0 Å². The molecule has 124 valence electrons. The first-order valence-corrected chi connectivity index (χ1v) is 7.28. The maximum atomic E-state index is 12.2. The number of rotatable bonds is 5. The summed E-state index contributed by atoms with van der Waals surface area (Å²) in [4.78, 5) is 12.2. The monoisotopic (exact) mass is 326 g/mol. The van der Waals surface area contributed by atoms with Crippen molar-refractivity contribution >= 4 is 11.6 Å². The average molecular weight is 326 g/mol. The van der Waals surface area contributed by atoms with E-state index in [1.165, 1.54) is 31.2 Å². The molecule has 6 heteroatoms. The van der Waals surface area contributed by atoms with Crippen LogP contribution in [-0.4, -0.2) is 28.3 Å². The van der Waals surface area contributed by atoms with Crippen LogP contribution in [0.3, 0.4) is 0 Å². The van der Waals surface area contributed by atoms with Crippen LogP contribution in [0, 0.1) is 18.3 Å². The van der Waals surface area contributed by atoms with E-state index in [2.05, 4.69) is 5.32 Å². The quantitative estimate of drug-likeness (QED) is 0.782. The summed E-state index contributed by atoms with van der Waals surface area (Å²) in [5.74, 6) is -0.0940. The summed E-state index contributed by atoms with van der Waals surface area (Å²) in [6, 6.07) is 12.9. The van der Waals surface area contributed by atoms with Crippen molar-refractivity contribution in [1.29, 1.82) is 5.26 Å². The molecular formula is C18H18N2O4. The van der Waals surface area contributed by atoms with Gasteiger partial charge in [-0.1, -0.05) is 0 Å². The molecular weight excluding hydrogens is 308 g/mol. The molecule has 0 radical (unpaired) electrons. The van der Waals surface area contributed by atoms with E-state index in [4.69, 9.17) is 10.00 Å². The lowest BCUT2D eigenvalue weighted by atomic mass is 10.1. The Labute approximate surface area is 139 Å². The van der Waals surface area contributed by atoms with Crippen LogP contribution in [0.5, 0.6) is 11.5 Å². The maximum Gasteiger partial charge on any atom is 0.259 e. The van der Waals surface area contributed by atoms with Crippen molar-refractivity contribution < 1.29 is 19.7 Å². The van der Waals surface area contributed by atoms with Gasteiger partial charge in [0.25, 0.3) is 5.91 Å². The van der Waals surface area contributed by atoms with Gasteiger partial charge in [0, 0.05) is 5.69 Å². The number of hydrogen-bond acceptors (Lipinski definition) is 5. The summed E-state index contributed by atoms with van der Waals surface area (Å²) < 4.78 is 5.38. The molecule has 2 rings (SSSR count). The lowest BCUT2D eigenvalue weighted by Gasteiger charge is -2.22. The van der Waals surface area contributed by atoms with Crippen LogP contribution in [-0.2, 0) is 4.79 Å². The zero-order valence-corrected chi connectivity index (χ0v) is 13.4. The lowest BCUT2D eigenvalue weighted by Crippen LogP contribution is -2.45. The third-order valence-electron chi connectivity index (χ3n) is 3.45. The normalized spacial score (nSPS) is 12.8. The van der Waals surface area contributed by atoms with E-state index in [9.17, 15) is 15.0 Å². The minimum atomic E-state index is -1.75. The number of aryl methyl sites for hydroxylation is 1. The molecule has 0 heterocycles. The SMILES string of the molecule is Cc1cc(NC(=O)[C@@](C)(O)COc2ccc(O)cc2)ccc1C#N. The molecule has 0 aliphatic rings. The van der Waals surface area contributed by atoms with E-state index in [-0.39, 0.29) is 12.4 Å². The average Bonchev–Trinajstić information content (AvgIpc) is 2.54. The molecule has 0 fully saturated rings. The van der Waals surface area contributed by atoms with Gasteiger partial charge in [0.15, 0.2) is 5.60 Å². The minimum absolute atomic E-state index is 0.100. The van der Waals surface area contributed by atoms with Crippen LogP contribution in [0.2, 0.25) is 0 Å². The Morgan fingerprint density at radius 3 is 2.54 bits per heavy atom. The number of nitrogens with one attached hydrogen (secondary N) is 1. The number of aliphatic hydroxyl groups is 1. The summed E-state index contributed by atoms with van der Waals surface area (Å²) in [6.07, 6.45) is 0. The van der Waals surface area contributed by atoms with Crippen LogP contribution in [0.4, 0.5) is 5.69 Å². The van der Waals surface area contributed by atoms with Gasteiger partial charge in [0.1, 0.15) is 18.1 Å². The molecule has 0 unspecified atom stereocenters. The first-order chi connectivity index (χ1) is 11.3. The smallest absolute Gasteiger partial charge is 0.259 e. The Morgan fingerprint density at radius 1 is 1.29 bits per heavy atom. The fourth-order valence-corrected chi connectivity index (χ4v) is 1.96. The van der Waals surface area contributed by atoms with Crippen LogP contribution >= 0.6 is 0 Å². The summed E-state index contributed by atoms with van der Waals surface area (Å²) in [7, 11) is 0. The van der Waals surface area contributed by atoms with Gasteiger partial charge in [0.05, 0.1) is 11.6 Å². The van der Waals surface area contributed by atoms with Gasteiger partial charge in [-0.15, -0.1) is 0 Å². The van der Waals surface area contributed by atoms with Crippen LogP contribution in [0.15, 0.2) is 42.5 Å². The highest BCUT2D eigenvalue weighted by Gasteiger charge is 2.31. The zero-order valence-electron chi connectivity index (χ0n) is 13.4. The number of benzene rings is 2. The molecule has 0 bridgehead atoms. The number of carbonyl (C=O) groups excluding carboxylic acids is 1. The molecule has 24 heavy (non-hydrogen) atoms. The number of nitrogens with zero attached hydrogens (tertiary/aromatic N) is 1. The second-order valence-electron chi connectivity index (χ2n) is 5.65. The predicted octanol–water partition coefficient (Wildman–Crippen LogP) is 2.34. The number of nitriles is 1. The number of hydrogen-bond donors (Lipinski definition) is 3. The Morgan fingerprint density at radius 2 is 1.96 bits per heavy atom. The van der Waals surface area contributed by atoms with Crippen LogP contribution in [0.1, 0.15) is 18.1 Å². The van der Waals surface area contributed by atoms with E-state index in [1.54, 1.807) is 25.1 Å². The molecule has 0 saturated carbocycles. The highest BCUT2D eigenvalue weighted by Crippen LogP contribution is 2.19. The molecule has 2 aromatic rings. The summed E-state index contributed by atoms with van der Waals surface area (Å²) in [5, 5.41) is 31.0. The first-order valence-electron chi connectivity index (χ1n) is 7.28. The van der Waals surface area contributed by atoms with E-state index < -0.39 is 11.5 Å². The Kier molecular flexibility index (Phi) is 5.07. The highest BCUT2D eigenvalue weighted by molar-refractivity contribution is 5.97. The van der Waals surface area contributed by atoms with E-state index in [0.29, 0.717) is 17.0 Å². The third-order valence-corrected chi connectivity index (χ3v) is 3.45. The second-order valence-corrected chi connectivity index (χ2v) is 5.65. The zero-order chi connectivity index (χ0) is 17.7. The van der Waals surface area contributed by atoms with Gasteiger partial charge in [0.2, 0.25) is 0 Å². The molecule has 0 aliphatic carbocycles. The summed E-state index contributed by atoms with van der Waals surface area (Å²) in [5.41, 5.74) is -0.00761. The minimum Gasteiger partial charge on any atom is -0.508 e. The van der Waals surface area contributed by atoms with Gasteiger partial charge < -0.3 is 20.3 Å². The number of ether oxygens (including phenoxy) is 1. The van der Waals surface area contributed by atoms with E-state index in [1.807, 2.05) is 6.07 Å². The third kappa shape index (κ3) is 4.24. The Balaban J connectivity index is 2.00. The van der Waals surface area contributed by atoms with E-state index in [0.717, 1.165) is 5.56 Å². The van der Waals surface area contributed by atoms with E-state index >= 15 is 0 Å². The fourth-order valence-electron chi connectivity index (χ4n) is 1.96. The van der Waals surface area contributed by atoms with Crippen molar-refractivity contribution in [1.82, 2.24) is 0 Å². The molecule has 6 nitrogen and oxygen atoms in total.